The van der Waals surface area contributed by atoms with E-state index in [1.807, 2.05) is 6.07 Å². The quantitative estimate of drug-likeness (QED) is 0.649. The van der Waals surface area contributed by atoms with Crippen molar-refractivity contribution in [2.24, 2.45) is 0 Å². The maximum atomic E-state index is 14.0. The summed E-state index contributed by atoms with van der Waals surface area (Å²) in [5.74, 6) is 1.04. The summed E-state index contributed by atoms with van der Waals surface area (Å²) >= 11 is 1.19. The number of aromatic nitrogens is 1. The molecule has 1 aromatic heterocycles. The van der Waals surface area contributed by atoms with Gasteiger partial charge in [-0.25, -0.2) is 9.37 Å². The predicted octanol–water partition coefficient (Wildman–Crippen LogP) is 4.23. The van der Waals surface area contributed by atoms with Gasteiger partial charge in [0.05, 0.1) is 5.56 Å². The summed E-state index contributed by atoms with van der Waals surface area (Å²) in [7, 11) is 0. The lowest BCUT2D eigenvalue weighted by molar-refractivity contribution is 0.174. The Bertz CT molecular complexity index is 1200. The van der Waals surface area contributed by atoms with Crippen LogP contribution in [0.2, 0.25) is 0 Å². The topological polar surface area (TPSA) is 105 Å². The van der Waals surface area contributed by atoms with Crippen molar-refractivity contribution in [3.63, 3.8) is 0 Å². The van der Waals surface area contributed by atoms with Gasteiger partial charge in [0, 0.05) is 11.3 Å². The van der Waals surface area contributed by atoms with E-state index >= 15 is 0 Å². The lowest BCUT2D eigenvalue weighted by Gasteiger charge is -2.13. The molecule has 0 atom stereocenters. The molecule has 0 fully saturated rings. The number of halogens is 1. The Labute approximate surface area is 170 Å². The van der Waals surface area contributed by atoms with E-state index in [1.54, 1.807) is 36.4 Å². The number of nitrogens with zero attached hydrogens (tertiary/aromatic N) is 3. The zero-order chi connectivity index (χ0) is 20.4. The Kier molecular flexibility index (Phi) is 4.94. The molecule has 6 nitrogen and oxygen atoms in total. The van der Waals surface area contributed by atoms with Crippen LogP contribution in [0.15, 0.2) is 47.5 Å². The number of nitrogen functional groups attached to an aromatic ring is 1. The summed E-state index contributed by atoms with van der Waals surface area (Å²) < 4.78 is 24.7. The maximum Gasteiger partial charge on any atom is 0.231 e. The van der Waals surface area contributed by atoms with Gasteiger partial charge in [0.25, 0.3) is 0 Å². The minimum atomic E-state index is -0.337. The fourth-order valence-electron chi connectivity index (χ4n) is 3.00. The molecular formula is C21H13FN4O2S. The number of thioether (sulfide) groups is 1. The van der Waals surface area contributed by atoms with Crippen molar-refractivity contribution in [2.75, 3.05) is 12.5 Å². The van der Waals surface area contributed by atoms with E-state index in [0.29, 0.717) is 33.2 Å². The molecule has 0 spiro atoms. The predicted molar refractivity (Wildman–Crippen MR) is 106 cm³/mol. The van der Waals surface area contributed by atoms with Gasteiger partial charge in [-0.1, -0.05) is 24.3 Å². The number of anilines is 1. The number of nitrogens with two attached hydrogens (primary N) is 1. The SMILES string of the molecule is N#Cc1c(N)nc(SCc2ccccc2F)c(C#N)c1-c1ccc2c(c1)OCO2. The molecule has 8 heteroatoms. The second-order valence-electron chi connectivity index (χ2n) is 6.10. The molecule has 142 valence electrons. The average molecular weight is 404 g/mol. The van der Waals surface area contributed by atoms with E-state index < -0.39 is 0 Å². The smallest absolute Gasteiger partial charge is 0.231 e. The van der Waals surface area contributed by atoms with Crippen LogP contribution in [-0.2, 0) is 5.75 Å². The normalized spacial score (nSPS) is 11.7. The number of pyridine rings is 1. The van der Waals surface area contributed by atoms with Crippen molar-refractivity contribution in [3.05, 3.63) is 65.0 Å². The minimum Gasteiger partial charge on any atom is -0.454 e. The summed E-state index contributed by atoms with van der Waals surface area (Å²) in [4.78, 5) is 4.24. The molecule has 2 N–H and O–H groups in total. The molecule has 3 aromatic rings. The molecule has 0 saturated heterocycles. The molecular weight excluding hydrogens is 391 g/mol. The molecule has 0 bridgehead atoms. The molecule has 1 aliphatic heterocycles. The first-order valence-corrected chi connectivity index (χ1v) is 9.51. The Morgan fingerprint density at radius 2 is 1.83 bits per heavy atom. The first kappa shape index (κ1) is 18.6. The van der Waals surface area contributed by atoms with Crippen LogP contribution in [-0.4, -0.2) is 11.8 Å². The Balaban J connectivity index is 1.81. The molecule has 2 heterocycles. The van der Waals surface area contributed by atoms with Gasteiger partial charge in [0.15, 0.2) is 11.5 Å². The van der Waals surface area contributed by atoms with E-state index in [9.17, 15) is 14.9 Å². The number of fused-ring (bicyclic) bond motifs is 1. The van der Waals surface area contributed by atoms with Crippen LogP contribution in [0.5, 0.6) is 11.5 Å². The number of rotatable bonds is 4. The average Bonchev–Trinajstić information content (AvgIpc) is 3.20. The van der Waals surface area contributed by atoms with E-state index in [4.69, 9.17) is 15.2 Å². The van der Waals surface area contributed by atoms with Crippen molar-refractivity contribution in [1.29, 1.82) is 10.5 Å². The van der Waals surface area contributed by atoms with Gasteiger partial charge in [-0.15, -0.1) is 11.8 Å². The number of hydrogen-bond donors (Lipinski definition) is 1. The zero-order valence-electron chi connectivity index (χ0n) is 15.0. The van der Waals surface area contributed by atoms with Crippen molar-refractivity contribution < 1.29 is 13.9 Å². The van der Waals surface area contributed by atoms with Crippen molar-refractivity contribution in [3.8, 4) is 34.8 Å². The molecule has 29 heavy (non-hydrogen) atoms. The fourth-order valence-corrected chi connectivity index (χ4v) is 3.99. The Morgan fingerprint density at radius 3 is 2.59 bits per heavy atom. The molecule has 0 radical (unpaired) electrons. The molecule has 2 aromatic carbocycles. The van der Waals surface area contributed by atoms with E-state index in [-0.39, 0.29) is 35.3 Å². The van der Waals surface area contributed by atoms with Crippen LogP contribution in [0, 0.1) is 28.5 Å². The van der Waals surface area contributed by atoms with Crippen LogP contribution < -0.4 is 15.2 Å². The molecule has 0 saturated carbocycles. The van der Waals surface area contributed by atoms with Crippen LogP contribution >= 0.6 is 11.8 Å². The van der Waals surface area contributed by atoms with Gasteiger partial charge in [-0.3, -0.25) is 0 Å². The highest BCUT2D eigenvalue weighted by atomic mass is 32.2. The number of benzene rings is 2. The molecule has 0 aliphatic carbocycles. The highest BCUT2D eigenvalue weighted by molar-refractivity contribution is 7.98. The van der Waals surface area contributed by atoms with Crippen LogP contribution in [0.3, 0.4) is 0 Å². The zero-order valence-corrected chi connectivity index (χ0v) is 15.8. The summed E-state index contributed by atoms with van der Waals surface area (Å²) in [6.07, 6.45) is 0. The van der Waals surface area contributed by atoms with Crippen LogP contribution in [0.1, 0.15) is 16.7 Å². The van der Waals surface area contributed by atoms with E-state index in [2.05, 4.69) is 11.1 Å². The fraction of sp³-hybridized carbons (Fsp3) is 0.0952. The van der Waals surface area contributed by atoms with Gasteiger partial charge in [-0.2, -0.15) is 10.5 Å². The number of ether oxygens (including phenoxy) is 2. The van der Waals surface area contributed by atoms with Crippen molar-refractivity contribution in [1.82, 2.24) is 4.98 Å². The largest absolute Gasteiger partial charge is 0.454 e. The van der Waals surface area contributed by atoms with Gasteiger partial charge in [0.1, 0.15) is 34.4 Å². The van der Waals surface area contributed by atoms with Crippen molar-refractivity contribution >= 4 is 17.6 Å². The van der Waals surface area contributed by atoms with E-state index in [0.717, 1.165) is 0 Å². The van der Waals surface area contributed by atoms with Crippen molar-refractivity contribution in [2.45, 2.75) is 10.8 Å². The van der Waals surface area contributed by atoms with Gasteiger partial charge >= 0.3 is 0 Å². The monoisotopic (exact) mass is 404 g/mol. The van der Waals surface area contributed by atoms with Crippen LogP contribution in [0.25, 0.3) is 11.1 Å². The molecule has 1 aliphatic rings. The minimum absolute atomic E-state index is 0.00944. The third kappa shape index (κ3) is 3.42. The summed E-state index contributed by atoms with van der Waals surface area (Å²) in [6.45, 7) is 0.108. The first-order valence-electron chi connectivity index (χ1n) is 8.52. The van der Waals surface area contributed by atoms with Gasteiger partial charge in [-0.05, 0) is 29.3 Å². The number of nitriles is 2. The number of hydrogen-bond acceptors (Lipinski definition) is 7. The molecule has 0 amide bonds. The summed E-state index contributed by atoms with van der Waals surface area (Å²) in [5.41, 5.74) is 7.77. The van der Waals surface area contributed by atoms with E-state index in [1.165, 1.54) is 17.8 Å². The lowest BCUT2D eigenvalue weighted by atomic mass is 9.96. The summed E-state index contributed by atoms with van der Waals surface area (Å²) in [6, 6.07) is 15.7. The molecule has 0 unspecified atom stereocenters. The first-order chi connectivity index (χ1) is 14.1. The molecule has 4 rings (SSSR count). The Hall–Kier alpha value is -3.75. The Morgan fingerprint density at radius 1 is 1.07 bits per heavy atom. The maximum absolute atomic E-state index is 14.0. The third-order valence-corrected chi connectivity index (χ3v) is 5.42. The standard InChI is InChI=1S/C21H13FN4O2S/c22-16-4-2-1-3-13(16)10-29-21-15(9-24)19(14(8-23)20(25)26-21)12-5-6-17-18(7-12)28-11-27-17/h1-7H,10-11H2,(H2,25,26). The lowest BCUT2D eigenvalue weighted by Crippen LogP contribution is -2.03. The second-order valence-corrected chi connectivity index (χ2v) is 7.06. The van der Waals surface area contributed by atoms with Crippen LogP contribution in [0.4, 0.5) is 10.2 Å². The second kappa shape index (κ2) is 7.70. The summed E-state index contributed by atoms with van der Waals surface area (Å²) in [5, 5.41) is 19.8. The highest BCUT2D eigenvalue weighted by Gasteiger charge is 2.23. The van der Waals surface area contributed by atoms with Gasteiger partial charge < -0.3 is 15.2 Å². The highest BCUT2D eigenvalue weighted by Crippen LogP contribution is 2.41. The third-order valence-electron chi connectivity index (χ3n) is 4.40. The van der Waals surface area contributed by atoms with Gasteiger partial charge in [0.2, 0.25) is 6.79 Å².